The van der Waals surface area contributed by atoms with Crippen LogP contribution < -0.4 is 5.32 Å². The Bertz CT molecular complexity index is 679. The van der Waals surface area contributed by atoms with Crippen LogP contribution >= 0.6 is 11.6 Å². The molecule has 112 valence electrons. The van der Waals surface area contributed by atoms with E-state index in [0.717, 1.165) is 11.3 Å². The van der Waals surface area contributed by atoms with Crippen molar-refractivity contribution in [3.05, 3.63) is 59.1 Å². The molecular weight excluding hydrogens is 306 g/mol. The molecule has 0 heterocycles. The van der Waals surface area contributed by atoms with Gasteiger partial charge in [-0.05, 0) is 48.4 Å². The van der Waals surface area contributed by atoms with Crippen molar-refractivity contribution < 1.29 is 8.42 Å². The summed E-state index contributed by atoms with van der Waals surface area (Å²) in [5.41, 5.74) is 2.00. The first-order valence-electron chi connectivity index (χ1n) is 6.82. The van der Waals surface area contributed by atoms with Gasteiger partial charge in [-0.1, -0.05) is 30.7 Å². The molecule has 0 fully saturated rings. The molecule has 2 rings (SSSR count). The first kappa shape index (κ1) is 15.9. The molecule has 0 saturated heterocycles. The van der Waals surface area contributed by atoms with Gasteiger partial charge in [0.05, 0.1) is 10.6 Å². The van der Waals surface area contributed by atoms with Crippen LogP contribution in [0.4, 0.5) is 5.69 Å². The lowest BCUT2D eigenvalue weighted by Gasteiger charge is -2.08. The van der Waals surface area contributed by atoms with Gasteiger partial charge < -0.3 is 5.32 Å². The molecule has 3 nitrogen and oxygen atoms in total. The van der Waals surface area contributed by atoms with E-state index in [4.69, 9.17) is 11.6 Å². The van der Waals surface area contributed by atoms with Crippen molar-refractivity contribution in [2.24, 2.45) is 0 Å². The number of hydrogen-bond donors (Lipinski definition) is 1. The molecule has 2 aromatic carbocycles. The molecule has 0 aliphatic rings. The maximum absolute atomic E-state index is 11.9. The van der Waals surface area contributed by atoms with E-state index in [1.54, 1.807) is 24.3 Å². The van der Waals surface area contributed by atoms with E-state index >= 15 is 0 Å². The molecule has 0 unspecified atom stereocenters. The van der Waals surface area contributed by atoms with E-state index in [9.17, 15) is 8.42 Å². The summed E-state index contributed by atoms with van der Waals surface area (Å²) in [5.74, 6) is 0.185. The highest BCUT2D eigenvalue weighted by Crippen LogP contribution is 2.17. The van der Waals surface area contributed by atoms with Crippen LogP contribution in [0.2, 0.25) is 5.02 Å². The van der Waals surface area contributed by atoms with E-state index in [2.05, 4.69) is 5.32 Å². The van der Waals surface area contributed by atoms with Gasteiger partial charge in [0.15, 0.2) is 9.84 Å². The molecule has 2 aromatic rings. The van der Waals surface area contributed by atoms with Gasteiger partial charge in [-0.25, -0.2) is 8.42 Å². The fourth-order valence-corrected chi connectivity index (χ4v) is 3.42. The number of halogens is 1. The zero-order valence-electron chi connectivity index (χ0n) is 11.8. The second-order valence-electron chi connectivity index (χ2n) is 4.82. The monoisotopic (exact) mass is 323 g/mol. The third kappa shape index (κ3) is 4.48. The van der Waals surface area contributed by atoms with E-state index in [1.165, 1.54) is 0 Å². The zero-order valence-corrected chi connectivity index (χ0v) is 13.4. The third-order valence-electron chi connectivity index (χ3n) is 3.10. The average Bonchev–Trinajstić information content (AvgIpc) is 2.47. The highest BCUT2D eigenvalue weighted by molar-refractivity contribution is 7.91. The molecule has 0 atom stereocenters. The maximum atomic E-state index is 11.9. The Balaban J connectivity index is 2.01. The summed E-state index contributed by atoms with van der Waals surface area (Å²) in [7, 11) is -3.14. The summed E-state index contributed by atoms with van der Waals surface area (Å²) in [5, 5.41) is 3.97. The van der Waals surface area contributed by atoms with Gasteiger partial charge in [0.25, 0.3) is 0 Å². The van der Waals surface area contributed by atoms with Crippen LogP contribution in [0.1, 0.15) is 18.9 Å². The van der Waals surface area contributed by atoms with E-state index in [1.807, 2.05) is 31.2 Å². The van der Waals surface area contributed by atoms with Crippen LogP contribution in [0.25, 0.3) is 0 Å². The minimum atomic E-state index is -3.14. The van der Waals surface area contributed by atoms with E-state index in [-0.39, 0.29) is 5.75 Å². The molecule has 0 saturated carbocycles. The van der Waals surface area contributed by atoms with Crippen LogP contribution in [-0.4, -0.2) is 14.2 Å². The molecule has 1 N–H and O–H groups in total. The van der Waals surface area contributed by atoms with Crippen LogP contribution in [0.5, 0.6) is 0 Å². The van der Waals surface area contributed by atoms with Crippen molar-refractivity contribution in [2.45, 2.75) is 24.8 Å². The maximum Gasteiger partial charge on any atom is 0.178 e. The van der Waals surface area contributed by atoms with Gasteiger partial charge in [0.2, 0.25) is 0 Å². The fraction of sp³-hybridized carbons (Fsp3) is 0.250. The highest BCUT2D eigenvalue weighted by Gasteiger charge is 2.12. The molecule has 21 heavy (non-hydrogen) atoms. The first-order valence-corrected chi connectivity index (χ1v) is 8.85. The number of nitrogens with one attached hydrogen (secondary N) is 1. The quantitative estimate of drug-likeness (QED) is 0.869. The lowest BCUT2D eigenvalue weighted by Crippen LogP contribution is -2.06. The highest BCUT2D eigenvalue weighted by atomic mass is 35.5. The summed E-state index contributed by atoms with van der Waals surface area (Å²) >= 11 is 5.84. The predicted octanol–water partition coefficient (Wildman–Crippen LogP) is 4.14. The van der Waals surface area contributed by atoms with Crippen LogP contribution in [-0.2, 0) is 16.4 Å². The second-order valence-corrected chi connectivity index (χ2v) is 7.37. The topological polar surface area (TPSA) is 46.2 Å². The lowest BCUT2D eigenvalue weighted by molar-refractivity contribution is 0.595. The Morgan fingerprint density at radius 2 is 1.62 bits per heavy atom. The van der Waals surface area contributed by atoms with Crippen molar-refractivity contribution in [3.63, 3.8) is 0 Å². The minimum Gasteiger partial charge on any atom is -0.381 e. The molecule has 5 heteroatoms. The molecule has 0 aromatic heterocycles. The van der Waals surface area contributed by atoms with Gasteiger partial charge in [0, 0.05) is 17.3 Å². The Labute approximate surface area is 130 Å². The average molecular weight is 324 g/mol. The van der Waals surface area contributed by atoms with Crippen LogP contribution in [0.15, 0.2) is 53.4 Å². The zero-order chi connectivity index (χ0) is 15.3. The van der Waals surface area contributed by atoms with Gasteiger partial charge in [-0.2, -0.15) is 0 Å². The summed E-state index contributed by atoms with van der Waals surface area (Å²) in [6, 6.07) is 14.5. The first-order chi connectivity index (χ1) is 10.0. The van der Waals surface area contributed by atoms with Gasteiger partial charge in [0.1, 0.15) is 0 Å². The Kier molecular flexibility index (Phi) is 5.26. The number of anilines is 1. The summed E-state index contributed by atoms with van der Waals surface area (Å²) in [6.07, 6.45) is 0.624. The molecule has 0 aliphatic heterocycles. The Morgan fingerprint density at radius 3 is 2.19 bits per heavy atom. The minimum absolute atomic E-state index is 0.185. The molecule has 0 bridgehead atoms. The normalized spacial score (nSPS) is 11.3. The van der Waals surface area contributed by atoms with Gasteiger partial charge in [-0.3, -0.25) is 0 Å². The lowest BCUT2D eigenvalue weighted by atomic mass is 10.2. The number of rotatable bonds is 6. The number of sulfone groups is 1. The third-order valence-corrected chi connectivity index (χ3v) is 5.28. The van der Waals surface area contributed by atoms with Gasteiger partial charge in [-0.15, -0.1) is 0 Å². The smallest absolute Gasteiger partial charge is 0.178 e. The van der Waals surface area contributed by atoms with Crippen LogP contribution in [0, 0.1) is 0 Å². The molecule has 0 amide bonds. The van der Waals surface area contributed by atoms with Crippen molar-refractivity contribution in [2.75, 3.05) is 11.1 Å². The van der Waals surface area contributed by atoms with Crippen molar-refractivity contribution in [1.29, 1.82) is 0 Å². The second kappa shape index (κ2) is 6.96. The van der Waals surface area contributed by atoms with Crippen LogP contribution in [0.3, 0.4) is 0 Å². The largest absolute Gasteiger partial charge is 0.381 e. The summed E-state index contributed by atoms with van der Waals surface area (Å²) < 4.78 is 23.8. The predicted molar refractivity (Wildman–Crippen MR) is 87.6 cm³/mol. The Morgan fingerprint density at radius 1 is 1.00 bits per heavy atom. The van der Waals surface area contributed by atoms with Crippen molar-refractivity contribution >= 4 is 27.1 Å². The Hall–Kier alpha value is -1.52. The van der Waals surface area contributed by atoms with E-state index in [0.29, 0.717) is 22.9 Å². The van der Waals surface area contributed by atoms with Crippen molar-refractivity contribution in [1.82, 2.24) is 0 Å². The molecule has 0 radical (unpaired) electrons. The number of hydrogen-bond acceptors (Lipinski definition) is 3. The number of benzene rings is 2. The summed E-state index contributed by atoms with van der Waals surface area (Å²) in [4.78, 5) is 0.376. The standard InChI is InChI=1S/C16H18ClNO2S/c1-2-11-21(19,20)16-9-7-15(8-10-16)18-12-13-3-5-14(17)6-4-13/h3-10,18H,2,11-12H2,1H3. The molecule has 0 spiro atoms. The fourth-order valence-electron chi connectivity index (χ4n) is 1.97. The molecular formula is C16H18ClNO2S. The SMILES string of the molecule is CCCS(=O)(=O)c1ccc(NCc2ccc(Cl)cc2)cc1. The van der Waals surface area contributed by atoms with E-state index < -0.39 is 9.84 Å². The molecule has 0 aliphatic carbocycles. The summed E-state index contributed by atoms with van der Waals surface area (Å²) in [6.45, 7) is 2.53. The van der Waals surface area contributed by atoms with Gasteiger partial charge >= 0.3 is 0 Å². The van der Waals surface area contributed by atoms with Crippen molar-refractivity contribution in [3.8, 4) is 0 Å².